The lowest BCUT2D eigenvalue weighted by atomic mass is 10.2. The predicted octanol–water partition coefficient (Wildman–Crippen LogP) is 2.98. The molecule has 144 valence electrons. The van der Waals surface area contributed by atoms with Crippen LogP contribution in [0, 0.1) is 5.82 Å². The summed E-state index contributed by atoms with van der Waals surface area (Å²) < 4.78 is 25.3. The van der Waals surface area contributed by atoms with Crippen LogP contribution in [0.3, 0.4) is 0 Å². The minimum absolute atomic E-state index is 0.0521. The van der Waals surface area contributed by atoms with Crippen LogP contribution in [0.1, 0.15) is 5.56 Å². The van der Waals surface area contributed by atoms with E-state index in [1.807, 2.05) is 18.2 Å². The van der Waals surface area contributed by atoms with Crippen LogP contribution in [0.25, 0.3) is 0 Å². The number of hydrogen-bond acceptors (Lipinski definition) is 4. The number of morpholine rings is 1. The molecule has 0 aromatic heterocycles. The molecule has 1 aliphatic heterocycles. The van der Waals surface area contributed by atoms with Gasteiger partial charge in [-0.15, -0.1) is 0 Å². The lowest BCUT2D eigenvalue weighted by Crippen LogP contribution is -2.47. The summed E-state index contributed by atoms with van der Waals surface area (Å²) in [6.07, 6.45) is -0.0733. The van der Waals surface area contributed by atoms with Crippen molar-refractivity contribution in [3.05, 3.63) is 64.4 Å². The van der Waals surface area contributed by atoms with E-state index in [0.29, 0.717) is 17.6 Å². The quantitative estimate of drug-likeness (QED) is 0.724. The Morgan fingerprint density at radius 2 is 2.11 bits per heavy atom. The molecular weight excluding hydrogens is 415 g/mol. The van der Waals surface area contributed by atoms with Gasteiger partial charge in [0, 0.05) is 30.7 Å². The van der Waals surface area contributed by atoms with E-state index in [1.165, 1.54) is 17.7 Å². The first-order valence-corrected chi connectivity index (χ1v) is 9.62. The summed E-state index contributed by atoms with van der Waals surface area (Å²) in [5.74, 6) is -0.762. The van der Waals surface area contributed by atoms with Crippen molar-refractivity contribution >= 4 is 21.8 Å². The molecule has 1 N–H and O–H groups in total. The molecule has 1 amide bonds. The van der Waals surface area contributed by atoms with Gasteiger partial charge in [0.2, 0.25) is 0 Å². The van der Waals surface area contributed by atoms with Crippen molar-refractivity contribution in [3.8, 4) is 5.75 Å². The summed E-state index contributed by atoms with van der Waals surface area (Å²) in [4.78, 5) is 14.3. The van der Waals surface area contributed by atoms with Crippen molar-refractivity contribution in [2.75, 3.05) is 32.8 Å². The van der Waals surface area contributed by atoms with E-state index in [2.05, 4.69) is 38.3 Å². The smallest absolute Gasteiger partial charge is 0.258 e. The number of nitrogens with one attached hydrogen (secondary N) is 1. The van der Waals surface area contributed by atoms with Crippen LogP contribution >= 0.6 is 15.9 Å². The van der Waals surface area contributed by atoms with Gasteiger partial charge in [0.15, 0.2) is 18.2 Å². The van der Waals surface area contributed by atoms with Crippen LogP contribution in [-0.2, 0) is 16.1 Å². The van der Waals surface area contributed by atoms with Crippen LogP contribution in [0.15, 0.2) is 53.0 Å². The maximum atomic E-state index is 13.7. The maximum absolute atomic E-state index is 13.7. The first-order valence-electron chi connectivity index (χ1n) is 8.82. The number of ether oxygens (including phenoxy) is 2. The Bertz CT molecular complexity index is 760. The molecule has 1 unspecified atom stereocenters. The van der Waals surface area contributed by atoms with E-state index in [-0.39, 0.29) is 24.4 Å². The number of nitrogens with zero attached hydrogens (tertiary/aromatic N) is 1. The number of amides is 1. The number of rotatable bonds is 7. The molecule has 1 atom stereocenters. The van der Waals surface area contributed by atoms with Gasteiger partial charge < -0.3 is 14.8 Å². The van der Waals surface area contributed by atoms with Gasteiger partial charge in [-0.05, 0) is 23.8 Å². The summed E-state index contributed by atoms with van der Waals surface area (Å²) in [7, 11) is 0. The van der Waals surface area contributed by atoms with Crippen molar-refractivity contribution in [2.45, 2.75) is 12.6 Å². The Kier molecular flexibility index (Phi) is 7.20. The average molecular weight is 437 g/mol. The molecule has 3 rings (SSSR count). The van der Waals surface area contributed by atoms with Gasteiger partial charge in [-0.1, -0.05) is 46.3 Å². The molecule has 7 heteroatoms. The fourth-order valence-electron chi connectivity index (χ4n) is 2.90. The summed E-state index contributed by atoms with van der Waals surface area (Å²) >= 11 is 3.18. The lowest BCUT2D eigenvalue weighted by molar-refractivity contribution is -0.124. The van der Waals surface area contributed by atoms with Gasteiger partial charge >= 0.3 is 0 Å². The standard InChI is InChI=1S/C20H22BrFN2O3/c21-16-6-7-19(18(22)10-16)27-14-20(25)23-11-17-13-24(8-9-26-17)12-15-4-2-1-3-5-15/h1-7,10,17H,8-9,11-14H2,(H,23,25). The van der Waals surface area contributed by atoms with Crippen molar-refractivity contribution in [1.29, 1.82) is 0 Å². The summed E-state index contributed by atoms with van der Waals surface area (Å²) in [5.41, 5.74) is 1.26. The number of benzene rings is 2. The Hall–Kier alpha value is -1.96. The number of halogens is 2. The monoisotopic (exact) mass is 436 g/mol. The average Bonchev–Trinajstić information content (AvgIpc) is 2.67. The fourth-order valence-corrected chi connectivity index (χ4v) is 3.24. The SMILES string of the molecule is O=C(COc1ccc(Br)cc1F)NCC1CN(Cc2ccccc2)CCO1. The minimum Gasteiger partial charge on any atom is -0.481 e. The molecule has 0 radical (unpaired) electrons. The third-order valence-electron chi connectivity index (χ3n) is 4.25. The van der Waals surface area contributed by atoms with Gasteiger partial charge in [0.05, 0.1) is 12.7 Å². The largest absolute Gasteiger partial charge is 0.481 e. The van der Waals surface area contributed by atoms with E-state index in [0.717, 1.165) is 19.6 Å². The van der Waals surface area contributed by atoms with Crippen LogP contribution in [0.4, 0.5) is 4.39 Å². The second-order valence-corrected chi connectivity index (χ2v) is 7.30. The van der Waals surface area contributed by atoms with Crippen molar-refractivity contribution in [3.63, 3.8) is 0 Å². The Balaban J connectivity index is 1.40. The maximum Gasteiger partial charge on any atom is 0.258 e. The van der Waals surface area contributed by atoms with Crippen LogP contribution in [-0.4, -0.2) is 49.8 Å². The van der Waals surface area contributed by atoms with Crippen molar-refractivity contribution in [1.82, 2.24) is 10.2 Å². The van der Waals surface area contributed by atoms with Crippen molar-refractivity contribution in [2.24, 2.45) is 0 Å². The highest BCUT2D eigenvalue weighted by molar-refractivity contribution is 9.10. The highest BCUT2D eigenvalue weighted by atomic mass is 79.9. The minimum atomic E-state index is -0.510. The topological polar surface area (TPSA) is 50.8 Å². The van der Waals surface area contributed by atoms with Crippen LogP contribution in [0.2, 0.25) is 0 Å². The third kappa shape index (κ3) is 6.30. The van der Waals surface area contributed by atoms with Gasteiger partial charge in [0.25, 0.3) is 5.91 Å². The Labute approximate surface area is 166 Å². The molecule has 1 saturated heterocycles. The van der Waals surface area contributed by atoms with Crippen LogP contribution < -0.4 is 10.1 Å². The lowest BCUT2D eigenvalue weighted by Gasteiger charge is -2.33. The molecule has 0 bridgehead atoms. The molecule has 0 saturated carbocycles. The first kappa shape index (κ1) is 19.8. The molecule has 5 nitrogen and oxygen atoms in total. The van der Waals surface area contributed by atoms with Gasteiger partial charge in [-0.3, -0.25) is 9.69 Å². The summed E-state index contributed by atoms with van der Waals surface area (Å²) in [6, 6.07) is 14.7. The van der Waals surface area contributed by atoms with Crippen LogP contribution in [0.5, 0.6) is 5.75 Å². The molecule has 1 heterocycles. The number of carbonyl (C=O) groups is 1. The zero-order valence-electron chi connectivity index (χ0n) is 14.9. The Morgan fingerprint density at radius 1 is 1.30 bits per heavy atom. The van der Waals surface area contributed by atoms with E-state index in [4.69, 9.17) is 9.47 Å². The summed E-state index contributed by atoms with van der Waals surface area (Å²) in [6.45, 7) is 3.27. The molecule has 1 fully saturated rings. The molecule has 2 aromatic carbocycles. The second-order valence-electron chi connectivity index (χ2n) is 6.38. The molecule has 0 aliphatic carbocycles. The highest BCUT2D eigenvalue weighted by Gasteiger charge is 2.21. The molecule has 2 aromatic rings. The first-order chi connectivity index (χ1) is 13.1. The predicted molar refractivity (Wildman–Crippen MR) is 104 cm³/mol. The molecule has 0 spiro atoms. The third-order valence-corrected chi connectivity index (χ3v) is 4.74. The van der Waals surface area contributed by atoms with E-state index in [9.17, 15) is 9.18 Å². The van der Waals surface area contributed by atoms with Gasteiger partial charge in [-0.2, -0.15) is 0 Å². The zero-order valence-corrected chi connectivity index (χ0v) is 16.5. The zero-order chi connectivity index (χ0) is 19.1. The summed E-state index contributed by atoms with van der Waals surface area (Å²) in [5, 5.41) is 2.79. The van der Waals surface area contributed by atoms with Gasteiger partial charge in [0.1, 0.15) is 0 Å². The number of hydrogen-bond donors (Lipinski definition) is 1. The fraction of sp³-hybridized carbons (Fsp3) is 0.350. The molecule has 27 heavy (non-hydrogen) atoms. The highest BCUT2D eigenvalue weighted by Crippen LogP contribution is 2.21. The van der Waals surface area contributed by atoms with E-state index in [1.54, 1.807) is 6.07 Å². The second kappa shape index (κ2) is 9.82. The van der Waals surface area contributed by atoms with Crippen molar-refractivity contribution < 1.29 is 18.7 Å². The Morgan fingerprint density at radius 3 is 2.89 bits per heavy atom. The normalized spacial score (nSPS) is 17.5. The number of carbonyl (C=O) groups excluding carboxylic acids is 1. The molecule has 1 aliphatic rings. The van der Waals surface area contributed by atoms with E-state index < -0.39 is 5.82 Å². The van der Waals surface area contributed by atoms with Gasteiger partial charge in [-0.25, -0.2) is 4.39 Å². The molecular formula is C20H22BrFN2O3. The van der Waals surface area contributed by atoms with E-state index >= 15 is 0 Å².